The third-order valence-electron chi connectivity index (χ3n) is 2.18. The lowest BCUT2D eigenvalue weighted by molar-refractivity contribution is -0.140. The van der Waals surface area contributed by atoms with E-state index in [4.69, 9.17) is 5.11 Å². The quantitative estimate of drug-likeness (QED) is 0.647. The molecule has 5 nitrogen and oxygen atoms in total. The van der Waals surface area contributed by atoms with E-state index in [0.29, 0.717) is 6.42 Å². The van der Waals surface area contributed by atoms with Gasteiger partial charge >= 0.3 is 12.0 Å². The molecule has 0 aliphatic heterocycles. The molecule has 0 heterocycles. The summed E-state index contributed by atoms with van der Waals surface area (Å²) in [5.41, 5.74) is 0. The number of carbonyl (C=O) groups is 2. The molecule has 0 fully saturated rings. The van der Waals surface area contributed by atoms with E-state index in [1.165, 1.54) is 0 Å². The minimum atomic E-state index is -2.65. The Bertz CT molecular complexity index is 249. The first-order valence-corrected chi connectivity index (χ1v) is 4.93. The number of hydrogen-bond donors (Lipinski definition) is 3. The highest BCUT2D eigenvalue weighted by Crippen LogP contribution is 2.07. The molecule has 0 bridgehead atoms. The minimum Gasteiger partial charge on any atom is -0.480 e. The number of alkyl halides is 2. The second kappa shape index (κ2) is 6.97. The van der Waals surface area contributed by atoms with Crippen LogP contribution in [0.2, 0.25) is 0 Å². The van der Waals surface area contributed by atoms with Crippen LogP contribution in [-0.2, 0) is 4.79 Å². The lowest BCUT2D eigenvalue weighted by atomic mass is 9.99. The summed E-state index contributed by atoms with van der Waals surface area (Å²) < 4.78 is 23.5. The van der Waals surface area contributed by atoms with Crippen molar-refractivity contribution in [3.63, 3.8) is 0 Å². The second-order valence-corrected chi connectivity index (χ2v) is 3.45. The molecular formula is C9H16F2N2O3. The van der Waals surface area contributed by atoms with Gasteiger partial charge in [0.15, 0.2) is 0 Å². The molecule has 0 saturated heterocycles. The summed E-state index contributed by atoms with van der Waals surface area (Å²) in [6.07, 6.45) is -2.09. The Morgan fingerprint density at radius 3 is 2.31 bits per heavy atom. The van der Waals surface area contributed by atoms with Crippen LogP contribution in [0.5, 0.6) is 0 Å². The van der Waals surface area contributed by atoms with Gasteiger partial charge in [0, 0.05) is 0 Å². The number of urea groups is 1. The maximum atomic E-state index is 11.8. The Morgan fingerprint density at radius 1 is 1.38 bits per heavy atom. The Labute approximate surface area is 92.2 Å². The monoisotopic (exact) mass is 238 g/mol. The van der Waals surface area contributed by atoms with Crippen LogP contribution in [0.1, 0.15) is 20.3 Å². The number of aliphatic carboxylic acids is 1. The molecule has 0 aliphatic rings. The Balaban J connectivity index is 4.19. The maximum Gasteiger partial charge on any atom is 0.326 e. The van der Waals surface area contributed by atoms with Crippen molar-refractivity contribution in [2.45, 2.75) is 32.7 Å². The summed E-state index contributed by atoms with van der Waals surface area (Å²) in [6.45, 7) is 2.64. The molecule has 94 valence electrons. The summed E-state index contributed by atoms with van der Waals surface area (Å²) in [6, 6.07) is -1.96. The van der Waals surface area contributed by atoms with Gasteiger partial charge in [-0.15, -0.1) is 0 Å². The largest absolute Gasteiger partial charge is 0.480 e. The number of amides is 2. The molecule has 2 unspecified atom stereocenters. The molecule has 7 heteroatoms. The van der Waals surface area contributed by atoms with Gasteiger partial charge in [-0.3, -0.25) is 0 Å². The zero-order chi connectivity index (χ0) is 12.7. The SMILES string of the molecule is CCC(C)C(NC(=O)NCC(F)F)C(=O)O. The van der Waals surface area contributed by atoms with E-state index >= 15 is 0 Å². The standard InChI is InChI=1S/C9H16F2N2O3/c1-3-5(2)7(8(14)15)13-9(16)12-4-6(10)11/h5-7H,3-4H2,1-2H3,(H,14,15)(H2,12,13,16). The van der Waals surface area contributed by atoms with E-state index in [0.717, 1.165) is 0 Å². The first-order chi connectivity index (χ1) is 7.38. The van der Waals surface area contributed by atoms with Crippen molar-refractivity contribution in [1.29, 1.82) is 0 Å². The number of rotatable bonds is 6. The van der Waals surface area contributed by atoms with Gasteiger partial charge < -0.3 is 15.7 Å². The van der Waals surface area contributed by atoms with Crippen LogP contribution in [0, 0.1) is 5.92 Å². The number of nitrogens with one attached hydrogen (secondary N) is 2. The molecule has 3 N–H and O–H groups in total. The highest BCUT2D eigenvalue weighted by Gasteiger charge is 2.25. The molecule has 0 saturated carbocycles. The van der Waals surface area contributed by atoms with Crippen LogP contribution in [0.4, 0.5) is 13.6 Å². The number of carboxylic acid groups (broad SMARTS) is 1. The lowest BCUT2D eigenvalue weighted by Gasteiger charge is -2.20. The minimum absolute atomic E-state index is 0.269. The molecule has 16 heavy (non-hydrogen) atoms. The molecule has 0 aromatic carbocycles. The highest BCUT2D eigenvalue weighted by atomic mass is 19.3. The van der Waals surface area contributed by atoms with Crippen molar-refractivity contribution in [2.75, 3.05) is 6.54 Å². The van der Waals surface area contributed by atoms with Gasteiger partial charge in [-0.2, -0.15) is 0 Å². The Morgan fingerprint density at radius 2 is 1.94 bits per heavy atom. The fourth-order valence-electron chi connectivity index (χ4n) is 1.05. The fraction of sp³-hybridized carbons (Fsp3) is 0.778. The van der Waals surface area contributed by atoms with Gasteiger partial charge in [0.05, 0.1) is 6.54 Å². The number of halogens is 2. The number of carbonyl (C=O) groups excluding carboxylic acids is 1. The van der Waals surface area contributed by atoms with Crippen molar-refractivity contribution in [3.8, 4) is 0 Å². The topological polar surface area (TPSA) is 78.4 Å². The molecular weight excluding hydrogens is 222 g/mol. The zero-order valence-electron chi connectivity index (χ0n) is 9.17. The summed E-state index contributed by atoms with van der Waals surface area (Å²) in [5, 5.41) is 12.8. The molecule has 2 amide bonds. The number of hydrogen-bond acceptors (Lipinski definition) is 2. The van der Waals surface area contributed by atoms with Crippen molar-refractivity contribution in [1.82, 2.24) is 10.6 Å². The van der Waals surface area contributed by atoms with E-state index in [1.807, 2.05) is 5.32 Å². The Hall–Kier alpha value is -1.40. The first kappa shape index (κ1) is 14.6. The molecule has 0 radical (unpaired) electrons. The van der Waals surface area contributed by atoms with E-state index < -0.39 is 31.0 Å². The summed E-state index contributed by atoms with van der Waals surface area (Å²) in [4.78, 5) is 21.8. The molecule has 0 aromatic heterocycles. The van der Waals surface area contributed by atoms with E-state index in [9.17, 15) is 18.4 Å². The molecule has 0 aromatic rings. The lowest BCUT2D eigenvalue weighted by Crippen LogP contribution is -2.49. The van der Waals surface area contributed by atoms with Crippen LogP contribution < -0.4 is 10.6 Å². The predicted octanol–water partition coefficient (Wildman–Crippen LogP) is 1.05. The summed E-state index contributed by atoms with van der Waals surface area (Å²) >= 11 is 0. The second-order valence-electron chi connectivity index (χ2n) is 3.45. The average molecular weight is 238 g/mol. The van der Waals surface area contributed by atoms with Gasteiger partial charge in [0.1, 0.15) is 6.04 Å². The van der Waals surface area contributed by atoms with Crippen molar-refractivity contribution < 1.29 is 23.5 Å². The normalized spacial score (nSPS) is 14.3. The summed E-state index contributed by atoms with van der Waals surface area (Å²) in [5.74, 6) is -1.45. The van der Waals surface area contributed by atoms with Gasteiger partial charge in [0.25, 0.3) is 6.43 Å². The fourth-order valence-corrected chi connectivity index (χ4v) is 1.05. The Kier molecular flexibility index (Phi) is 6.36. The highest BCUT2D eigenvalue weighted by molar-refractivity contribution is 5.82. The molecule has 2 atom stereocenters. The van der Waals surface area contributed by atoms with Crippen LogP contribution >= 0.6 is 0 Å². The first-order valence-electron chi connectivity index (χ1n) is 4.93. The van der Waals surface area contributed by atoms with Crippen LogP contribution in [-0.4, -0.2) is 36.1 Å². The van der Waals surface area contributed by atoms with Crippen molar-refractivity contribution >= 4 is 12.0 Å². The van der Waals surface area contributed by atoms with Gasteiger partial charge in [-0.1, -0.05) is 20.3 Å². The summed E-state index contributed by atoms with van der Waals surface area (Å²) in [7, 11) is 0. The molecule has 0 spiro atoms. The third-order valence-corrected chi connectivity index (χ3v) is 2.18. The van der Waals surface area contributed by atoms with Crippen LogP contribution in [0.3, 0.4) is 0 Å². The molecule has 0 rings (SSSR count). The van der Waals surface area contributed by atoms with Gasteiger partial charge in [0.2, 0.25) is 0 Å². The smallest absolute Gasteiger partial charge is 0.326 e. The maximum absolute atomic E-state index is 11.8. The van der Waals surface area contributed by atoms with Crippen molar-refractivity contribution in [2.24, 2.45) is 5.92 Å². The van der Waals surface area contributed by atoms with Gasteiger partial charge in [-0.25, -0.2) is 18.4 Å². The van der Waals surface area contributed by atoms with E-state index in [2.05, 4.69) is 5.32 Å². The molecule has 0 aliphatic carbocycles. The predicted molar refractivity (Wildman–Crippen MR) is 53.4 cm³/mol. The van der Waals surface area contributed by atoms with E-state index in [1.54, 1.807) is 13.8 Å². The number of carboxylic acids is 1. The van der Waals surface area contributed by atoms with Crippen molar-refractivity contribution in [3.05, 3.63) is 0 Å². The van der Waals surface area contributed by atoms with Crippen LogP contribution in [0.25, 0.3) is 0 Å². The van der Waals surface area contributed by atoms with Crippen LogP contribution in [0.15, 0.2) is 0 Å². The zero-order valence-corrected chi connectivity index (χ0v) is 9.17. The van der Waals surface area contributed by atoms with Gasteiger partial charge in [-0.05, 0) is 5.92 Å². The third kappa shape index (κ3) is 5.47. The average Bonchev–Trinajstić information content (AvgIpc) is 2.21. The van der Waals surface area contributed by atoms with E-state index in [-0.39, 0.29) is 5.92 Å².